The number of aryl methyl sites for hydroxylation is 1. The second kappa shape index (κ2) is 25.5. The Kier molecular flexibility index (Phi) is 20.9. The lowest BCUT2D eigenvalue weighted by Gasteiger charge is -2.22. The van der Waals surface area contributed by atoms with Gasteiger partial charge < -0.3 is 28.5 Å². The van der Waals surface area contributed by atoms with Crippen molar-refractivity contribution in [3.63, 3.8) is 0 Å². The number of carbonyl (C=O) groups is 2. The van der Waals surface area contributed by atoms with Gasteiger partial charge in [-0.3, -0.25) is 33.0 Å². The summed E-state index contributed by atoms with van der Waals surface area (Å²) in [6.45, 7) is 3.99. The number of hydrogen-bond donors (Lipinski definition) is 3. The fraction of sp³-hybridized carbons (Fsp3) is 0.512. The van der Waals surface area contributed by atoms with E-state index >= 15 is 0 Å². The van der Waals surface area contributed by atoms with Gasteiger partial charge in [0, 0.05) is 24.6 Å². The zero-order valence-electron chi connectivity index (χ0n) is 35.6. The molecule has 3 N–H and O–H groups in total. The van der Waals surface area contributed by atoms with E-state index in [1.165, 1.54) is 125 Å². The van der Waals surface area contributed by atoms with Gasteiger partial charge in [-0.25, -0.2) is 18.5 Å². The maximum Gasteiger partial charge on any atom is 0.539 e. The average molecular weight is 943 g/mol. The largest absolute Gasteiger partial charge is 0.539 e. The van der Waals surface area contributed by atoms with Crippen molar-refractivity contribution in [1.82, 2.24) is 9.55 Å². The number of ether oxygens (including phenoxy) is 3. The van der Waals surface area contributed by atoms with E-state index in [-0.39, 0.29) is 35.7 Å². The van der Waals surface area contributed by atoms with Crippen LogP contribution in [-0.4, -0.2) is 44.0 Å². The van der Waals surface area contributed by atoms with Crippen LogP contribution >= 0.6 is 23.5 Å². The predicted molar refractivity (Wildman–Crippen MR) is 230 cm³/mol. The minimum absolute atomic E-state index is 0.132. The molecule has 0 bridgehead atoms. The molecule has 63 heavy (non-hydrogen) atoms. The molecule has 3 aromatic rings. The lowest BCUT2D eigenvalue weighted by Crippen LogP contribution is -2.33. The van der Waals surface area contributed by atoms with E-state index in [1.54, 1.807) is 6.92 Å². The van der Waals surface area contributed by atoms with Crippen LogP contribution in [0.5, 0.6) is 17.2 Å². The van der Waals surface area contributed by atoms with E-state index in [1.807, 2.05) is 0 Å². The molecule has 3 unspecified atom stereocenters. The molecule has 19 nitrogen and oxygen atoms in total. The van der Waals surface area contributed by atoms with E-state index in [0.717, 1.165) is 23.8 Å². The van der Waals surface area contributed by atoms with Gasteiger partial charge in [-0.2, -0.15) is 8.62 Å². The number of aromatic amines is 1. The molecule has 0 amide bonds. The predicted octanol–water partition coefficient (Wildman–Crippen LogP) is 9.27. The quantitative estimate of drug-likeness (QED) is 0.0193. The van der Waals surface area contributed by atoms with Crippen LogP contribution in [0.2, 0.25) is 0 Å². The van der Waals surface area contributed by atoms with Gasteiger partial charge in [0.1, 0.15) is 23.4 Å². The maximum absolute atomic E-state index is 14.0. The number of nitrogens with one attached hydrogen (secondary N) is 1. The molecule has 0 saturated carbocycles. The van der Waals surface area contributed by atoms with Crippen molar-refractivity contribution in [2.75, 3.05) is 6.61 Å². The van der Waals surface area contributed by atoms with Crippen molar-refractivity contribution < 1.29 is 69.5 Å². The van der Waals surface area contributed by atoms with E-state index < -0.39 is 72.2 Å². The zero-order chi connectivity index (χ0) is 45.9. The Balaban J connectivity index is 1.32. The molecule has 1 aliphatic rings. The van der Waals surface area contributed by atoms with Crippen molar-refractivity contribution in [3.05, 3.63) is 98.8 Å². The highest BCUT2D eigenvalue weighted by molar-refractivity contribution is 7.67. The number of aromatic nitrogens is 2. The van der Waals surface area contributed by atoms with Crippen LogP contribution < -0.4 is 25.2 Å². The highest BCUT2D eigenvalue weighted by Crippen LogP contribution is 2.69. The Hall–Kier alpha value is -3.99. The first-order valence-electron chi connectivity index (χ1n) is 20.9. The molecule has 0 spiro atoms. The van der Waals surface area contributed by atoms with Gasteiger partial charge in [-0.05, 0) is 61.4 Å². The summed E-state index contributed by atoms with van der Waals surface area (Å²) in [6, 6.07) is 10.8. The molecule has 0 saturated heterocycles. The molecular weight excluding hydrogens is 885 g/mol. The van der Waals surface area contributed by atoms with Crippen LogP contribution in [0.1, 0.15) is 121 Å². The van der Waals surface area contributed by atoms with Crippen LogP contribution in [0.4, 0.5) is 0 Å². The van der Waals surface area contributed by atoms with Gasteiger partial charge >= 0.3 is 41.1 Å². The lowest BCUT2D eigenvalue weighted by atomic mass is 10.0. The second-order valence-corrected chi connectivity index (χ2v) is 19.5. The van der Waals surface area contributed by atoms with Gasteiger partial charge in [-0.15, -0.1) is 0 Å². The summed E-state index contributed by atoms with van der Waals surface area (Å²) in [7, 11) is -16.6. The fourth-order valence-corrected chi connectivity index (χ4v) is 10.1. The summed E-state index contributed by atoms with van der Waals surface area (Å²) in [4.78, 5) is 71.1. The molecule has 2 aromatic carbocycles. The minimum atomic E-state index is -5.83. The van der Waals surface area contributed by atoms with Gasteiger partial charge in [0.25, 0.3) is 5.56 Å². The number of H-pyrrole nitrogens is 1. The third-order valence-electron chi connectivity index (χ3n) is 9.38. The summed E-state index contributed by atoms with van der Waals surface area (Å²) in [5, 5.41) is 0. The van der Waals surface area contributed by atoms with E-state index in [4.69, 9.17) is 32.1 Å². The highest BCUT2D eigenvalue weighted by Gasteiger charge is 2.45. The van der Waals surface area contributed by atoms with Gasteiger partial charge in [0.05, 0.1) is 13.2 Å². The molecule has 0 aliphatic carbocycles. The normalized spacial score (nSPS) is 17.7. The molecule has 0 radical (unpaired) electrons. The number of esters is 2. The van der Waals surface area contributed by atoms with Crippen LogP contribution in [0.25, 0.3) is 0 Å². The van der Waals surface area contributed by atoms with Gasteiger partial charge in [0.2, 0.25) is 0 Å². The third kappa shape index (κ3) is 18.9. The standard InChI is InChI=1S/C41H57N2O17P3/c1-4-6-7-8-9-10-11-12-13-14-15-16-17-39(45)57-34-22-24-35(25-23-34)58-63(52,54-29-32-18-20-33(21-19-32)56-38(44)5-2)60-62(50,51)59-61(48,49)53-30-36-26-27-37(55-36)43-28-31(3)40(46)42-41(43)47/h18-28,36-37H,4-17,29-30H2,1-3H3,(H,48,49)(H,50,51)(H,42,46,47)/t36-,37+,63?/m0/s1. The smallest absolute Gasteiger partial charge is 0.427 e. The molecule has 1 aliphatic heterocycles. The summed E-state index contributed by atoms with van der Waals surface area (Å²) >= 11 is 0. The van der Waals surface area contributed by atoms with E-state index in [9.17, 15) is 42.7 Å². The Morgan fingerprint density at radius 1 is 0.714 bits per heavy atom. The number of rotatable bonds is 29. The van der Waals surface area contributed by atoms with Crippen LogP contribution in [-0.2, 0) is 52.3 Å². The summed E-state index contributed by atoms with van der Waals surface area (Å²) < 4.78 is 81.8. The molecule has 5 atom stereocenters. The van der Waals surface area contributed by atoms with Crippen molar-refractivity contribution in [1.29, 1.82) is 0 Å². The van der Waals surface area contributed by atoms with E-state index in [2.05, 4.69) is 16.2 Å². The molecule has 0 fully saturated rings. The molecule has 22 heteroatoms. The molecular formula is C41H57N2O17P3. The topological polar surface area (TPSA) is 255 Å². The summed E-state index contributed by atoms with van der Waals surface area (Å²) in [5.74, 6) is -0.844. The first-order chi connectivity index (χ1) is 30.0. The number of hydrogen-bond acceptors (Lipinski definition) is 15. The Bertz CT molecular complexity index is 2230. The first-order valence-corrected chi connectivity index (χ1v) is 25.4. The Morgan fingerprint density at radius 3 is 1.87 bits per heavy atom. The molecule has 4 rings (SSSR count). The summed E-state index contributed by atoms with van der Waals surface area (Å²) in [6.07, 6.45) is 16.1. The number of phosphoric ester groups is 2. The van der Waals surface area contributed by atoms with Crippen LogP contribution in [0.3, 0.4) is 0 Å². The highest BCUT2D eigenvalue weighted by atomic mass is 31.3. The average Bonchev–Trinajstić information content (AvgIpc) is 3.70. The molecule has 2 heterocycles. The Morgan fingerprint density at radius 2 is 1.27 bits per heavy atom. The molecule has 1 aromatic heterocycles. The van der Waals surface area contributed by atoms with Gasteiger partial charge in [0.15, 0.2) is 6.23 Å². The molecule has 348 valence electrons. The first kappa shape index (κ1) is 51.6. The third-order valence-corrected chi connectivity index (χ3v) is 14.0. The second-order valence-electron chi connectivity index (χ2n) is 14.7. The summed E-state index contributed by atoms with van der Waals surface area (Å²) in [5.41, 5.74) is -0.844. The van der Waals surface area contributed by atoms with Crippen LogP contribution in [0.15, 0.2) is 76.5 Å². The van der Waals surface area contributed by atoms with Crippen molar-refractivity contribution >= 4 is 35.4 Å². The van der Waals surface area contributed by atoms with E-state index in [0.29, 0.717) is 12.0 Å². The van der Waals surface area contributed by atoms with Gasteiger partial charge in [-0.1, -0.05) is 103 Å². The monoisotopic (exact) mass is 942 g/mol. The Labute approximate surface area is 365 Å². The number of benzene rings is 2. The van der Waals surface area contributed by atoms with Crippen molar-refractivity contribution in [3.8, 4) is 17.2 Å². The van der Waals surface area contributed by atoms with Crippen molar-refractivity contribution in [2.24, 2.45) is 0 Å². The maximum atomic E-state index is 14.0. The lowest BCUT2D eigenvalue weighted by molar-refractivity contribution is -0.135. The number of unbranched alkanes of at least 4 members (excludes halogenated alkanes) is 11. The fourth-order valence-electron chi connectivity index (χ4n) is 6.05. The van der Waals surface area contributed by atoms with Crippen molar-refractivity contribution in [2.45, 2.75) is 130 Å². The zero-order valence-corrected chi connectivity index (χ0v) is 38.3. The number of carbonyl (C=O) groups excluding carboxylic acids is 2. The van der Waals surface area contributed by atoms with Crippen LogP contribution in [0, 0.1) is 6.92 Å². The SMILES string of the molecule is CCCCCCCCCCCCCCC(=O)Oc1ccc(OP(=O)(OCc2ccc(OC(=O)CC)cc2)OP(=O)(O)OP(=O)(O)OC[C@@H]2C=C[C@H](n3cc(C)c(=O)[nH]c3=O)O2)cc1. The minimum Gasteiger partial charge on any atom is -0.427 e. The number of nitrogens with zero attached hydrogens (tertiary/aromatic N) is 1. The number of phosphoric acid groups is 3.